The molecule has 1 rings (SSSR count). The minimum absolute atomic E-state index is 0.0346. The summed E-state index contributed by atoms with van der Waals surface area (Å²) in [5, 5.41) is 2.88. The van der Waals surface area contributed by atoms with Gasteiger partial charge in [0, 0.05) is 7.11 Å². The smallest absolute Gasteiger partial charge is 0.246 e. The fraction of sp³-hybridized carbons (Fsp3) is 0.867. The number of ether oxygens (including phenoxy) is 1. The number of carbonyl (C=O) groups is 2. The number of nitrogens with zero attached hydrogens (tertiary/aromatic N) is 1. The van der Waals surface area contributed by atoms with Gasteiger partial charge in [-0.05, 0) is 18.8 Å². The molecule has 1 heterocycles. The van der Waals surface area contributed by atoms with Crippen LogP contribution in [0.5, 0.6) is 0 Å². The van der Waals surface area contributed by atoms with Crippen LogP contribution in [0.3, 0.4) is 0 Å². The van der Waals surface area contributed by atoms with Crippen LogP contribution < -0.4 is 5.32 Å². The molecule has 0 aromatic carbocycles. The van der Waals surface area contributed by atoms with Gasteiger partial charge < -0.3 is 15.0 Å². The van der Waals surface area contributed by atoms with Crippen molar-refractivity contribution in [2.24, 2.45) is 5.92 Å². The number of carbonyl (C=O) groups excluding carboxylic acids is 2. The van der Waals surface area contributed by atoms with E-state index in [1.807, 2.05) is 27.7 Å². The lowest BCUT2D eigenvalue weighted by Gasteiger charge is -2.44. The molecule has 3 unspecified atom stereocenters. The van der Waals surface area contributed by atoms with Gasteiger partial charge in [0.05, 0.1) is 12.6 Å². The van der Waals surface area contributed by atoms with Crippen molar-refractivity contribution in [3.05, 3.63) is 0 Å². The quantitative estimate of drug-likeness (QED) is 0.772. The average Bonchev–Trinajstić information content (AvgIpc) is 2.39. The summed E-state index contributed by atoms with van der Waals surface area (Å²) in [7, 11) is 1.63. The zero-order chi connectivity index (χ0) is 15.3. The van der Waals surface area contributed by atoms with Gasteiger partial charge >= 0.3 is 0 Å². The Kier molecular flexibility index (Phi) is 6.46. The van der Waals surface area contributed by atoms with E-state index < -0.39 is 6.04 Å². The standard InChI is InChI=1S/C15H28N2O3/c1-6-8-12-15(19)17(11(7-2)9-20-5)13(10(3)4)14(18)16-12/h10-13H,6-9H2,1-5H3,(H,16,18). The zero-order valence-electron chi connectivity index (χ0n) is 13.3. The molecule has 3 atom stereocenters. The molecule has 1 saturated heterocycles. The lowest BCUT2D eigenvalue weighted by atomic mass is 9.93. The lowest BCUT2D eigenvalue weighted by molar-refractivity contribution is -0.155. The monoisotopic (exact) mass is 284 g/mol. The molecule has 116 valence electrons. The Morgan fingerprint density at radius 3 is 2.40 bits per heavy atom. The van der Waals surface area contributed by atoms with E-state index in [2.05, 4.69) is 5.32 Å². The molecule has 5 heteroatoms. The predicted octanol–water partition coefficient (Wildman–Crippen LogP) is 1.56. The molecular weight excluding hydrogens is 256 g/mol. The van der Waals surface area contributed by atoms with Gasteiger partial charge in [-0.2, -0.15) is 0 Å². The van der Waals surface area contributed by atoms with Gasteiger partial charge in [0.25, 0.3) is 0 Å². The Morgan fingerprint density at radius 1 is 1.30 bits per heavy atom. The molecule has 1 fully saturated rings. The number of hydrogen-bond donors (Lipinski definition) is 1. The van der Waals surface area contributed by atoms with E-state index in [1.54, 1.807) is 12.0 Å². The third kappa shape index (κ3) is 3.51. The van der Waals surface area contributed by atoms with Crippen LogP contribution in [0.25, 0.3) is 0 Å². The molecule has 0 aromatic heterocycles. The van der Waals surface area contributed by atoms with Gasteiger partial charge in [-0.15, -0.1) is 0 Å². The molecule has 1 aliphatic rings. The van der Waals surface area contributed by atoms with E-state index >= 15 is 0 Å². The molecule has 20 heavy (non-hydrogen) atoms. The molecular formula is C15H28N2O3. The Balaban J connectivity index is 3.06. The zero-order valence-corrected chi connectivity index (χ0v) is 13.3. The summed E-state index contributed by atoms with van der Waals surface area (Å²) in [6, 6.07) is -0.811. The fourth-order valence-electron chi connectivity index (χ4n) is 2.86. The minimum Gasteiger partial charge on any atom is -0.383 e. The maximum absolute atomic E-state index is 12.7. The topological polar surface area (TPSA) is 58.6 Å². The average molecular weight is 284 g/mol. The van der Waals surface area contributed by atoms with Crippen molar-refractivity contribution in [2.75, 3.05) is 13.7 Å². The van der Waals surface area contributed by atoms with Crippen LogP contribution >= 0.6 is 0 Å². The van der Waals surface area contributed by atoms with Crippen molar-refractivity contribution < 1.29 is 14.3 Å². The van der Waals surface area contributed by atoms with Crippen LogP contribution in [0.1, 0.15) is 47.0 Å². The SMILES string of the molecule is CCCC1NC(=O)C(C(C)C)N(C(CC)COC)C1=O. The van der Waals surface area contributed by atoms with Gasteiger partial charge in [0.1, 0.15) is 12.1 Å². The first-order valence-electron chi connectivity index (χ1n) is 7.59. The highest BCUT2D eigenvalue weighted by atomic mass is 16.5. The summed E-state index contributed by atoms with van der Waals surface area (Å²) in [5.41, 5.74) is 0. The van der Waals surface area contributed by atoms with Crippen molar-refractivity contribution in [2.45, 2.75) is 65.1 Å². The first-order chi connectivity index (χ1) is 9.47. The summed E-state index contributed by atoms with van der Waals surface area (Å²) in [5.74, 6) is 0.0917. The molecule has 2 amide bonds. The Labute approximate surface area is 122 Å². The molecule has 1 aliphatic heterocycles. The molecule has 0 radical (unpaired) electrons. The van der Waals surface area contributed by atoms with Gasteiger partial charge in [-0.3, -0.25) is 9.59 Å². The molecule has 0 saturated carbocycles. The van der Waals surface area contributed by atoms with Gasteiger partial charge in [0.2, 0.25) is 11.8 Å². The third-order valence-corrected chi connectivity index (χ3v) is 3.87. The normalized spacial score (nSPS) is 25.0. The molecule has 1 N–H and O–H groups in total. The van der Waals surface area contributed by atoms with Crippen molar-refractivity contribution >= 4 is 11.8 Å². The first-order valence-corrected chi connectivity index (χ1v) is 7.59. The number of nitrogens with one attached hydrogen (secondary N) is 1. The first kappa shape index (κ1) is 17.0. The number of piperazine rings is 1. The molecule has 0 aromatic rings. The van der Waals surface area contributed by atoms with E-state index in [1.165, 1.54) is 0 Å². The second-order valence-electron chi connectivity index (χ2n) is 5.80. The number of hydrogen-bond acceptors (Lipinski definition) is 3. The maximum atomic E-state index is 12.7. The predicted molar refractivity (Wildman–Crippen MR) is 78.3 cm³/mol. The number of rotatable bonds is 7. The third-order valence-electron chi connectivity index (χ3n) is 3.87. The van der Waals surface area contributed by atoms with E-state index in [9.17, 15) is 9.59 Å². The van der Waals surface area contributed by atoms with Gasteiger partial charge in [-0.1, -0.05) is 34.1 Å². The molecule has 5 nitrogen and oxygen atoms in total. The van der Waals surface area contributed by atoms with Crippen molar-refractivity contribution in [1.82, 2.24) is 10.2 Å². The number of amides is 2. The van der Waals surface area contributed by atoms with Gasteiger partial charge in [0.15, 0.2) is 0 Å². The molecule has 0 aliphatic carbocycles. The minimum atomic E-state index is -0.393. The van der Waals surface area contributed by atoms with E-state index in [4.69, 9.17) is 4.74 Å². The van der Waals surface area contributed by atoms with Crippen molar-refractivity contribution in [3.8, 4) is 0 Å². The van der Waals surface area contributed by atoms with E-state index in [0.717, 1.165) is 12.8 Å². The lowest BCUT2D eigenvalue weighted by Crippen LogP contribution is -2.67. The molecule has 0 spiro atoms. The van der Waals surface area contributed by atoms with Crippen LogP contribution in [-0.2, 0) is 14.3 Å². The summed E-state index contributed by atoms with van der Waals surface area (Å²) in [6.45, 7) is 8.46. The molecule has 0 bridgehead atoms. The summed E-state index contributed by atoms with van der Waals surface area (Å²) < 4.78 is 5.23. The van der Waals surface area contributed by atoms with Crippen LogP contribution in [0.2, 0.25) is 0 Å². The highest BCUT2D eigenvalue weighted by Gasteiger charge is 2.44. The summed E-state index contributed by atoms with van der Waals surface area (Å²) in [6.07, 6.45) is 2.35. The van der Waals surface area contributed by atoms with E-state index in [-0.39, 0.29) is 29.8 Å². The maximum Gasteiger partial charge on any atom is 0.246 e. The second kappa shape index (κ2) is 7.62. The van der Waals surface area contributed by atoms with Crippen LogP contribution in [0.15, 0.2) is 0 Å². The van der Waals surface area contributed by atoms with Crippen molar-refractivity contribution in [1.29, 1.82) is 0 Å². The Hall–Kier alpha value is -1.10. The highest BCUT2D eigenvalue weighted by Crippen LogP contribution is 2.23. The summed E-state index contributed by atoms with van der Waals surface area (Å²) >= 11 is 0. The van der Waals surface area contributed by atoms with Crippen LogP contribution in [0, 0.1) is 5.92 Å². The Morgan fingerprint density at radius 2 is 1.95 bits per heavy atom. The fourth-order valence-corrected chi connectivity index (χ4v) is 2.86. The second-order valence-corrected chi connectivity index (χ2v) is 5.80. The highest BCUT2D eigenvalue weighted by molar-refractivity contribution is 5.97. The summed E-state index contributed by atoms with van der Waals surface area (Å²) in [4.78, 5) is 26.8. The van der Waals surface area contributed by atoms with E-state index in [0.29, 0.717) is 13.0 Å². The van der Waals surface area contributed by atoms with Crippen LogP contribution in [-0.4, -0.2) is 48.6 Å². The van der Waals surface area contributed by atoms with Crippen LogP contribution in [0.4, 0.5) is 0 Å². The largest absolute Gasteiger partial charge is 0.383 e. The number of methoxy groups -OCH3 is 1. The Bertz CT molecular complexity index is 344. The van der Waals surface area contributed by atoms with Gasteiger partial charge in [-0.25, -0.2) is 0 Å². The van der Waals surface area contributed by atoms with Crippen molar-refractivity contribution in [3.63, 3.8) is 0 Å².